The SMILES string of the molecule is O=C(c1csc(-c2ccco2)n1)N1CC(O)C(O)C1. The molecule has 0 spiro atoms. The van der Waals surface area contributed by atoms with E-state index < -0.39 is 12.2 Å². The number of furan rings is 1. The number of likely N-dealkylation sites (tertiary alicyclic amines) is 1. The van der Waals surface area contributed by atoms with Gasteiger partial charge in [0.1, 0.15) is 5.69 Å². The first-order valence-corrected chi connectivity index (χ1v) is 6.68. The van der Waals surface area contributed by atoms with E-state index in [-0.39, 0.29) is 19.0 Å². The average Bonchev–Trinajstić information content (AvgIpc) is 3.09. The second-order valence-corrected chi connectivity index (χ2v) is 5.22. The van der Waals surface area contributed by atoms with Crippen LogP contribution < -0.4 is 0 Å². The van der Waals surface area contributed by atoms with E-state index in [1.165, 1.54) is 16.2 Å². The lowest BCUT2D eigenvalue weighted by Crippen LogP contribution is -2.30. The van der Waals surface area contributed by atoms with Crippen LogP contribution >= 0.6 is 11.3 Å². The van der Waals surface area contributed by atoms with Crippen molar-refractivity contribution in [1.82, 2.24) is 9.88 Å². The number of aliphatic hydroxyl groups excluding tert-OH is 2. The Hall–Kier alpha value is -1.70. The van der Waals surface area contributed by atoms with Crippen LogP contribution in [-0.2, 0) is 0 Å². The van der Waals surface area contributed by atoms with Crippen molar-refractivity contribution in [3.05, 3.63) is 29.5 Å². The van der Waals surface area contributed by atoms with Crippen molar-refractivity contribution in [2.24, 2.45) is 0 Å². The Morgan fingerprint density at radius 2 is 2.16 bits per heavy atom. The van der Waals surface area contributed by atoms with Crippen LogP contribution in [0, 0.1) is 0 Å². The Morgan fingerprint density at radius 1 is 1.42 bits per heavy atom. The summed E-state index contributed by atoms with van der Waals surface area (Å²) in [5.74, 6) is 0.329. The molecule has 2 N–H and O–H groups in total. The Labute approximate surface area is 112 Å². The molecule has 3 heterocycles. The molecule has 3 rings (SSSR count). The number of carbonyl (C=O) groups is 1. The fourth-order valence-corrected chi connectivity index (χ4v) is 2.74. The largest absolute Gasteiger partial charge is 0.462 e. The van der Waals surface area contributed by atoms with E-state index in [1.807, 2.05) is 0 Å². The first kappa shape index (κ1) is 12.3. The Kier molecular flexibility index (Phi) is 3.09. The zero-order valence-corrected chi connectivity index (χ0v) is 10.7. The molecule has 7 heteroatoms. The number of thiazole rings is 1. The zero-order valence-electron chi connectivity index (χ0n) is 9.89. The van der Waals surface area contributed by atoms with Gasteiger partial charge in [-0.05, 0) is 12.1 Å². The highest BCUT2D eigenvalue weighted by Crippen LogP contribution is 2.25. The van der Waals surface area contributed by atoms with Gasteiger partial charge in [0.05, 0.1) is 18.5 Å². The smallest absolute Gasteiger partial charge is 0.273 e. The fraction of sp³-hybridized carbons (Fsp3) is 0.333. The van der Waals surface area contributed by atoms with Gasteiger partial charge in [-0.2, -0.15) is 0 Å². The molecule has 100 valence electrons. The third-order valence-corrected chi connectivity index (χ3v) is 3.86. The van der Waals surface area contributed by atoms with Crippen LogP contribution in [0.5, 0.6) is 0 Å². The maximum atomic E-state index is 12.1. The molecule has 2 aromatic rings. The number of carbonyl (C=O) groups excluding carboxylic acids is 1. The molecule has 0 radical (unpaired) electrons. The first-order valence-electron chi connectivity index (χ1n) is 5.80. The van der Waals surface area contributed by atoms with Gasteiger partial charge in [0.25, 0.3) is 5.91 Å². The van der Waals surface area contributed by atoms with Gasteiger partial charge in [-0.15, -0.1) is 11.3 Å². The summed E-state index contributed by atoms with van der Waals surface area (Å²) in [6, 6.07) is 3.53. The Morgan fingerprint density at radius 3 is 2.79 bits per heavy atom. The molecule has 19 heavy (non-hydrogen) atoms. The molecule has 2 unspecified atom stereocenters. The number of nitrogens with zero attached hydrogens (tertiary/aromatic N) is 2. The molecule has 2 atom stereocenters. The summed E-state index contributed by atoms with van der Waals surface area (Å²) in [6.45, 7) is 0.265. The van der Waals surface area contributed by atoms with E-state index in [1.54, 1.807) is 23.8 Å². The van der Waals surface area contributed by atoms with Crippen LogP contribution in [0.1, 0.15) is 10.5 Å². The van der Waals surface area contributed by atoms with Gasteiger partial charge in [0.2, 0.25) is 0 Å². The number of β-amino-alcohol motifs (C(OH)–C–C–N with tert-alkyl or cyclic N) is 2. The second-order valence-electron chi connectivity index (χ2n) is 4.36. The summed E-state index contributed by atoms with van der Waals surface area (Å²) < 4.78 is 5.22. The minimum absolute atomic E-state index is 0.133. The van der Waals surface area contributed by atoms with Crippen LogP contribution in [0.25, 0.3) is 10.8 Å². The third kappa shape index (κ3) is 2.27. The highest BCUT2D eigenvalue weighted by molar-refractivity contribution is 7.13. The minimum Gasteiger partial charge on any atom is -0.462 e. The summed E-state index contributed by atoms with van der Waals surface area (Å²) in [4.78, 5) is 17.8. The lowest BCUT2D eigenvalue weighted by molar-refractivity contribution is 0.0572. The van der Waals surface area contributed by atoms with Gasteiger partial charge in [0, 0.05) is 18.5 Å². The van der Waals surface area contributed by atoms with Crippen molar-refractivity contribution in [3.8, 4) is 10.8 Å². The Balaban J connectivity index is 1.78. The molecule has 6 nitrogen and oxygen atoms in total. The molecule has 2 aromatic heterocycles. The molecule has 1 amide bonds. The highest BCUT2D eigenvalue weighted by Gasteiger charge is 2.33. The maximum absolute atomic E-state index is 12.1. The monoisotopic (exact) mass is 280 g/mol. The average molecular weight is 280 g/mol. The summed E-state index contributed by atoms with van der Waals surface area (Å²) in [6.07, 6.45) is -0.218. The van der Waals surface area contributed by atoms with E-state index in [9.17, 15) is 15.0 Å². The van der Waals surface area contributed by atoms with E-state index >= 15 is 0 Å². The van der Waals surface area contributed by atoms with E-state index in [2.05, 4.69) is 4.98 Å². The molecular formula is C12H12N2O4S. The van der Waals surface area contributed by atoms with E-state index in [0.29, 0.717) is 16.5 Å². The van der Waals surface area contributed by atoms with E-state index in [0.717, 1.165) is 0 Å². The van der Waals surface area contributed by atoms with Crippen molar-refractivity contribution in [3.63, 3.8) is 0 Å². The topological polar surface area (TPSA) is 86.8 Å². The normalized spacial score (nSPS) is 22.9. The quantitative estimate of drug-likeness (QED) is 0.840. The number of aromatic nitrogens is 1. The molecule has 1 aliphatic rings. The van der Waals surface area contributed by atoms with Gasteiger partial charge in [-0.25, -0.2) is 4.98 Å². The van der Waals surface area contributed by atoms with Gasteiger partial charge in [-0.1, -0.05) is 0 Å². The van der Waals surface area contributed by atoms with Gasteiger partial charge < -0.3 is 19.5 Å². The zero-order chi connectivity index (χ0) is 13.4. The van der Waals surface area contributed by atoms with Crippen molar-refractivity contribution < 1.29 is 19.4 Å². The highest BCUT2D eigenvalue weighted by atomic mass is 32.1. The molecule has 1 aliphatic heterocycles. The number of rotatable bonds is 2. The predicted octanol–water partition coefficient (Wildman–Crippen LogP) is 0.581. The van der Waals surface area contributed by atoms with Crippen molar-refractivity contribution >= 4 is 17.2 Å². The predicted molar refractivity (Wildman–Crippen MR) is 67.7 cm³/mol. The van der Waals surface area contributed by atoms with Gasteiger partial charge >= 0.3 is 0 Å². The minimum atomic E-state index is -0.882. The molecule has 1 fully saturated rings. The summed E-state index contributed by atoms with van der Waals surface area (Å²) in [7, 11) is 0. The molecule has 0 aromatic carbocycles. The van der Waals surface area contributed by atoms with Crippen molar-refractivity contribution in [1.29, 1.82) is 0 Å². The van der Waals surface area contributed by atoms with E-state index in [4.69, 9.17) is 4.42 Å². The van der Waals surface area contributed by atoms with Crippen LogP contribution in [0.4, 0.5) is 0 Å². The Bertz CT molecular complexity index is 570. The third-order valence-electron chi connectivity index (χ3n) is 3.00. The standard InChI is InChI=1S/C12H12N2O4S/c15-8-4-14(5-9(8)16)12(17)7-6-19-11(13-7)10-2-1-3-18-10/h1-3,6,8-9,15-16H,4-5H2. The van der Waals surface area contributed by atoms with Gasteiger partial charge in [-0.3, -0.25) is 4.79 Å². The van der Waals surface area contributed by atoms with Gasteiger partial charge in [0.15, 0.2) is 10.8 Å². The molecule has 1 saturated heterocycles. The number of hydrogen-bond acceptors (Lipinski definition) is 6. The van der Waals surface area contributed by atoms with Crippen molar-refractivity contribution in [2.75, 3.05) is 13.1 Å². The maximum Gasteiger partial charge on any atom is 0.273 e. The number of hydrogen-bond donors (Lipinski definition) is 2. The first-order chi connectivity index (χ1) is 9.15. The molecule has 0 bridgehead atoms. The lowest BCUT2D eigenvalue weighted by atomic mass is 10.3. The fourth-order valence-electron chi connectivity index (χ4n) is 1.98. The van der Waals surface area contributed by atoms with Crippen LogP contribution in [-0.4, -0.2) is 51.3 Å². The van der Waals surface area contributed by atoms with Crippen LogP contribution in [0.3, 0.4) is 0 Å². The molecule has 0 aliphatic carbocycles. The van der Waals surface area contributed by atoms with Crippen LogP contribution in [0.2, 0.25) is 0 Å². The lowest BCUT2D eigenvalue weighted by Gasteiger charge is -2.13. The summed E-state index contributed by atoms with van der Waals surface area (Å²) in [5.41, 5.74) is 0.303. The van der Waals surface area contributed by atoms with Crippen molar-refractivity contribution in [2.45, 2.75) is 12.2 Å². The van der Waals surface area contributed by atoms with Crippen LogP contribution in [0.15, 0.2) is 28.2 Å². The number of aliphatic hydroxyl groups is 2. The second kappa shape index (κ2) is 4.76. The number of amides is 1. The molecule has 0 saturated carbocycles. The summed E-state index contributed by atoms with van der Waals surface area (Å²) >= 11 is 1.32. The molecular weight excluding hydrogens is 268 g/mol. The summed E-state index contributed by atoms with van der Waals surface area (Å²) in [5, 5.41) is 21.2.